The lowest BCUT2D eigenvalue weighted by Crippen LogP contribution is -1.99. The van der Waals surface area contributed by atoms with E-state index in [4.69, 9.17) is 22.1 Å². The Morgan fingerprint density at radius 3 is 2.79 bits per heavy atom. The van der Waals surface area contributed by atoms with E-state index < -0.39 is 0 Å². The van der Waals surface area contributed by atoms with Gasteiger partial charge in [0.05, 0.1) is 5.69 Å². The number of nitrogens with two attached hydrogens (primary N) is 1. The van der Waals surface area contributed by atoms with Crippen LogP contribution in [0.3, 0.4) is 0 Å². The minimum atomic E-state index is 0.526. The van der Waals surface area contributed by atoms with Gasteiger partial charge in [-0.05, 0) is 48.1 Å². The van der Waals surface area contributed by atoms with Crippen LogP contribution in [0.1, 0.15) is 23.1 Å². The number of halogens is 1. The Labute approximate surface area is 118 Å². The van der Waals surface area contributed by atoms with Crippen molar-refractivity contribution in [2.75, 3.05) is 5.73 Å². The van der Waals surface area contributed by atoms with Gasteiger partial charge in [0.1, 0.15) is 12.4 Å². The lowest BCUT2D eigenvalue weighted by atomic mass is 10.1. The molecule has 3 rings (SSSR count). The Hall–Kier alpha value is -1.67. The van der Waals surface area contributed by atoms with Crippen LogP contribution >= 0.6 is 11.6 Å². The molecular formula is C16H16ClNO. The quantitative estimate of drug-likeness (QED) is 0.858. The summed E-state index contributed by atoms with van der Waals surface area (Å²) in [7, 11) is 0. The van der Waals surface area contributed by atoms with Crippen molar-refractivity contribution in [1.82, 2.24) is 0 Å². The van der Waals surface area contributed by atoms with Gasteiger partial charge < -0.3 is 10.5 Å². The van der Waals surface area contributed by atoms with E-state index >= 15 is 0 Å². The molecule has 0 fully saturated rings. The van der Waals surface area contributed by atoms with Crippen molar-refractivity contribution < 1.29 is 4.74 Å². The predicted molar refractivity (Wildman–Crippen MR) is 78.7 cm³/mol. The summed E-state index contributed by atoms with van der Waals surface area (Å²) in [6.07, 6.45) is 3.65. The van der Waals surface area contributed by atoms with E-state index in [1.807, 2.05) is 0 Å². The Kier molecular flexibility index (Phi) is 3.34. The van der Waals surface area contributed by atoms with E-state index in [0.717, 1.165) is 0 Å². The predicted octanol–water partition coefficient (Wildman–Crippen LogP) is 3.99. The zero-order chi connectivity index (χ0) is 13.2. The summed E-state index contributed by atoms with van der Waals surface area (Å²) in [6, 6.07) is 11.9. The number of ether oxygens (including phenoxy) is 1. The molecule has 0 radical (unpaired) electrons. The van der Waals surface area contributed by atoms with Gasteiger partial charge in [0.15, 0.2) is 0 Å². The Bertz CT molecular complexity index is 610. The maximum atomic E-state index is 5.94. The number of aryl methyl sites for hydroxylation is 2. The Morgan fingerprint density at radius 2 is 1.89 bits per heavy atom. The van der Waals surface area contributed by atoms with Crippen molar-refractivity contribution in [2.45, 2.75) is 25.9 Å². The van der Waals surface area contributed by atoms with Gasteiger partial charge in [-0.3, -0.25) is 0 Å². The van der Waals surface area contributed by atoms with Gasteiger partial charge in [0.2, 0.25) is 0 Å². The van der Waals surface area contributed by atoms with Crippen molar-refractivity contribution in [3.63, 3.8) is 0 Å². The molecule has 0 atom stereocenters. The lowest BCUT2D eigenvalue weighted by Gasteiger charge is -2.10. The van der Waals surface area contributed by atoms with Crippen LogP contribution in [0.5, 0.6) is 5.75 Å². The Balaban J connectivity index is 1.74. The minimum absolute atomic E-state index is 0.526. The smallest absolute Gasteiger partial charge is 0.144 e. The number of rotatable bonds is 3. The standard InChI is InChI=1S/C16H16ClNO/c17-14-6-7-15(18)16(9-14)19-10-11-4-5-12-2-1-3-13(12)8-11/h4-9H,1-3,10,18H2. The molecule has 0 aromatic heterocycles. The molecule has 2 aromatic carbocycles. The fourth-order valence-corrected chi connectivity index (χ4v) is 2.67. The average Bonchev–Trinajstić information content (AvgIpc) is 2.87. The summed E-state index contributed by atoms with van der Waals surface area (Å²) in [5.41, 5.74) is 10.6. The van der Waals surface area contributed by atoms with Gasteiger partial charge in [-0.1, -0.05) is 29.8 Å². The molecular weight excluding hydrogens is 258 g/mol. The molecule has 1 aliphatic carbocycles. The Morgan fingerprint density at radius 1 is 1.05 bits per heavy atom. The maximum absolute atomic E-state index is 5.94. The van der Waals surface area contributed by atoms with Gasteiger partial charge in [-0.15, -0.1) is 0 Å². The molecule has 2 aromatic rings. The average molecular weight is 274 g/mol. The monoisotopic (exact) mass is 273 g/mol. The largest absolute Gasteiger partial charge is 0.487 e. The van der Waals surface area contributed by atoms with Crippen molar-refractivity contribution in [1.29, 1.82) is 0 Å². The van der Waals surface area contributed by atoms with E-state index in [2.05, 4.69) is 18.2 Å². The van der Waals surface area contributed by atoms with E-state index in [9.17, 15) is 0 Å². The highest BCUT2D eigenvalue weighted by atomic mass is 35.5. The van der Waals surface area contributed by atoms with E-state index in [0.29, 0.717) is 23.1 Å². The summed E-state index contributed by atoms with van der Waals surface area (Å²) >= 11 is 5.94. The molecule has 2 nitrogen and oxygen atoms in total. The van der Waals surface area contributed by atoms with Crippen LogP contribution in [0.2, 0.25) is 5.02 Å². The maximum Gasteiger partial charge on any atom is 0.144 e. The van der Waals surface area contributed by atoms with Crippen LogP contribution in [0, 0.1) is 0 Å². The highest BCUT2D eigenvalue weighted by Gasteiger charge is 2.11. The SMILES string of the molecule is Nc1ccc(Cl)cc1OCc1ccc2c(c1)CCC2. The third kappa shape index (κ3) is 2.69. The number of hydrogen-bond donors (Lipinski definition) is 1. The summed E-state index contributed by atoms with van der Waals surface area (Å²) in [5, 5.41) is 0.637. The fraction of sp³-hybridized carbons (Fsp3) is 0.250. The molecule has 3 heteroatoms. The second kappa shape index (κ2) is 5.14. The first-order valence-electron chi connectivity index (χ1n) is 6.51. The van der Waals surface area contributed by atoms with Crippen LogP contribution in [0.15, 0.2) is 36.4 Å². The van der Waals surface area contributed by atoms with Crippen molar-refractivity contribution >= 4 is 17.3 Å². The zero-order valence-electron chi connectivity index (χ0n) is 10.7. The van der Waals surface area contributed by atoms with E-state index in [-0.39, 0.29) is 0 Å². The summed E-state index contributed by atoms with van der Waals surface area (Å²) in [5.74, 6) is 0.646. The van der Waals surface area contributed by atoms with Gasteiger partial charge in [-0.2, -0.15) is 0 Å². The van der Waals surface area contributed by atoms with Crippen LogP contribution in [-0.4, -0.2) is 0 Å². The van der Waals surface area contributed by atoms with Crippen LogP contribution in [-0.2, 0) is 19.4 Å². The molecule has 98 valence electrons. The van der Waals surface area contributed by atoms with Crippen LogP contribution < -0.4 is 10.5 Å². The molecule has 1 aliphatic rings. The number of anilines is 1. The molecule has 0 amide bonds. The molecule has 0 saturated heterocycles. The number of benzene rings is 2. The summed E-state index contributed by atoms with van der Waals surface area (Å²) in [4.78, 5) is 0. The molecule has 2 N–H and O–H groups in total. The number of hydrogen-bond acceptors (Lipinski definition) is 2. The summed E-state index contributed by atoms with van der Waals surface area (Å²) < 4.78 is 5.75. The third-order valence-electron chi connectivity index (χ3n) is 3.53. The van der Waals surface area contributed by atoms with Crippen LogP contribution in [0.25, 0.3) is 0 Å². The molecule has 0 saturated carbocycles. The second-order valence-corrected chi connectivity index (χ2v) is 5.36. The van der Waals surface area contributed by atoms with E-state index in [1.165, 1.54) is 36.0 Å². The fourth-order valence-electron chi connectivity index (χ4n) is 2.51. The number of fused-ring (bicyclic) bond motifs is 1. The lowest BCUT2D eigenvalue weighted by molar-refractivity contribution is 0.308. The molecule has 0 bridgehead atoms. The number of nitrogen functional groups attached to an aromatic ring is 1. The van der Waals surface area contributed by atoms with Gasteiger partial charge in [0, 0.05) is 11.1 Å². The molecule has 0 spiro atoms. The van der Waals surface area contributed by atoms with Crippen molar-refractivity contribution in [3.8, 4) is 5.75 Å². The zero-order valence-corrected chi connectivity index (χ0v) is 11.4. The second-order valence-electron chi connectivity index (χ2n) is 4.93. The topological polar surface area (TPSA) is 35.2 Å². The highest BCUT2D eigenvalue weighted by molar-refractivity contribution is 6.30. The van der Waals surface area contributed by atoms with Crippen LogP contribution in [0.4, 0.5) is 5.69 Å². The van der Waals surface area contributed by atoms with Crippen molar-refractivity contribution in [2.24, 2.45) is 0 Å². The molecule has 19 heavy (non-hydrogen) atoms. The molecule has 0 aliphatic heterocycles. The highest BCUT2D eigenvalue weighted by Crippen LogP contribution is 2.27. The van der Waals surface area contributed by atoms with Gasteiger partial charge in [-0.25, -0.2) is 0 Å². The molecule has 0 heterocycles. The van der Waals surface area contributed by atoms with Gasteiger partial charge in [0.25, 0.3) is 0 Å². The minimum Gasteiger partial charge on any atom is -0.487 e. The first kappa shape index (κ1) is 12.4. The summed E-state index contributed by atoms with van der Waals surface area (Å²) in [6.45, 7) is 0.526. The normalized spacial score (nSPS) is 13.3. The first-order valence-corrected chi connectivity index (χ1v) is 6.89. The van der Waals surface area contributed by atoms with Gasteiger partial charge >= 0.3 is 0 Å². The third-order valence-corrected chi connectivity index (χ3v) is 3.77. The molecule has 0 unspecified atom stereocenters. The first-order chi connectivity index (χ1) is 9.22. The van der Waals surface area contributed by atoms with Crippen molar-refractivity contribution in [3.05, 3.63) is 58.1 Å². The van der Waals surface area contributed by atoms with E-state index in [1.54, 1.807) is 18.2 Å².